The second-order valence-electron chi connectivity index (χ2n) is 3.32. The van der Waals surface area contributed by atoms with Crippen LogP contribution in [0.15, 0.2) is 28.7 Å². The first-order valence-electron chi connectivity index (χ1n) is 4.84. The van der Waals surface area contributed by atoms with Crippen LogP contribution >= 0.6 is 15.9 Å². The molecule has 0 unspecified atom stereocenters. The monoisotopic (exact) mass is 301 g/mol. The summed E-state index contributed by atoms with van der Waals surface area (Å²) in [5.41, 5.74) is 0.614. The van der Waals surface area contributed by atoms with Crippen molar-refractivity contribution in [1.82, 2.24) is 5.32 Å². The number of hydrogen-bond donors (Lipinski definition) is 2. The van der Waals surface area contributed by atoms with E-state index in [0.717, 1.165) is 4.47 Å². The Labute approximate surface area is 107 Å². The molecule has 1 aromatic carbocycles. The highest BCUT2D eigenvalue weighted by Gasteiger charge is 2.20. The highest BCUT2D eigenvalue weighted by molar-refractivity contribution is 9.10. The fourth-order valence-electron chi connectivity index (χ4n) is 1.33. The van der Waals surface area contributed by atoms with Gasteiger partial charge in [-0.3, -0.25) is 4.79 Å². The molecule has 17 heavy (non-hydrogen) atoms. The predicted octanol–water partition coefficient (Wildman–Crippen LogP) is 1.97. The first-order chi connectivity index (χ1) is 8.04. The van der Waals surface area contributed by atoms with E-state index in [1.807, 2.05) is 0 Å². The molecule has 1 amide bonds. The summed E-state index contributed by atoms with van der Waals surface area (Å²) >= 11 is 3.27. The Morgan fingerprint density at radius 1 is 1.53 bits per heavy atom. The number of alkyl carbamates (subject to hydrolysis) is 1. The van der Waals surface area contributed by atoms with Gasteiger partial charge >= 0.3 is 12.1 Å². The number of halogens is 1. The summed E-state index contributed by atoms with van der Waals surface area (Å²) in [6.45, 7) is -0.0154. The molecule has 1 rings (SSSR count). The topological polar surface area (TPSA) is 75.6 Å². The first-order valence-corrected chi connectivity index (χ1v) is 5.64. The van der Waals surface area contributed by atoms with Crippen LogP contribution in [-0.4, -0.2) is 30.8 Å². The number of aliphatic carboxylic acids is 1. The normalized spacial score (nSPS) is 11.6. The van der Waals surface area contributed by atoms with Gasteiger partial charge in [-0.05, 0) is 17.7 Å². The van der Waals surface area contributed by atoms with Crippen LogP contribution in [0.2, 0.25) is 0 Å². The molecule has 0 aliphatic carbocycles. The van der Waals surface area contributed by atoms with Gasteiger partial charge in [-0.1, -0.05) is 28.1 Å². The molecule has 0 radical (unpaired) electrons. The minimum absolute atomic E-state index is 0.0154. The molecular weight excluding hydrogens is 290 g/mol. The number of carbonyl (C=O) groups excluding carboxylic acids is 1. The van der Waals surface area contributed by atoms with E-state index in [-0.39, 0.29) is 6.54 Å². The Bertz CT molecular complexity index is 422. The summed E-state index contributed by atoms with van der Waals surface area (Å²) in [6, 6.07) is 6.95. The van der Waals surface area contributed by atoms with Crippen LogP contribution in [0.5, 0.6) is 0 Å². The summed E-state index contributed by atoms with van der Waals surface area (Å²) in [5, 5.41) is 11.5. The van der Waals surface area contributed by atoms with Gasteiger partial charge in [0.05, 0.1) is 13.0 Å². The number of hydrogen-bond acceptors (Lipinski definition) is 3. The summed E-state index contributed by atoms with van der Waals surface area (Å²) in [6.07, 6.45) is -0.647. The molecule has 1 aromatic rings. The largest absolute Gasteiger partial charge is 0.481 e. The average molecular weight is 302 g/mol. The molecule has 0 heterocycles. The van der Waals surface area contributed by atoms with Crippen LogP contribution in [0.1, 0.15) is 11.5 Å². The number of amides is 1. The number of methoxy groups -OCH3 is 1. The summed E-state index contributed by atoms with van der Waals surface area (Å²) in [4.78, 5) is 22.0. The van der Waals surface area contributed by atoms with Crippen molar-refractivity contribution in [2.45, 2.75) is 5.92 Å². The molecule has 0 aliphatic heterocycles. The molecule has 1 atom stereocenters. The van der Waals surface area contributed by atoms with Gasteiger partial charge < -0.3 is 15.2 Å². The van der Waals surface area contributed by atoms with E-state index < -0.39 is 18.0 Å². The minimum Gasteiger partial charge on any atom is -0.481 e. The zero-order valence-electron chi connectivity index (χ0n) is 9.14. The quantitative estimate of drug-likeness (QED) is 0.891. The lowest BCUT2D eigenvalue weighted by molar-refractivity contribution is -0.138. The van der Waals surface area contributed by atoms with E-state index in [0.29, 0.717) is 5.56 Å². The number of ether oxygens (including phenoxy) is 1. The maximum atomic E-state index is 11.1. The fourth-order valence-corrected chi connectivity index (χ4v) is 1.75. The number of carbonyl (C=O) groups is 2. The van der Waals surface area contributed by atoms with E-state index in [2.05, 4.69) is 26.0 Å². The fraction of sp³-hybridized carbons (Fsp3) is 0.273. The van der Waals surface area contributed by atoms with Gasteiger partial charge in [0, 0.05) is 11.0 Å². The van der Waals surface area contributed by atoms with E-state index in [4.69, 9.17) is 5.11 Å². The lowest BCUT2D eigenvalue weighted by Crippen LogP contribution is -2.31. The van der Waals surface area contributed by atoms with E-state index in [9.17, 15) is 9.59 Å². The molecular formula is C11H12BrNO4. The zero-order chi connectivity index (χ0) is 12.8. The summed E-state index contributed by atoms with van der Waals surface area (Å²) in [7, 11) is 1.23. The van der Waals surface area contributed by atoms with Crippen molar-refractivity contribution < 1.29 is 19.4 Å². The average Bonchev–Trinajstić information content (AvgIpc) is 2.28. The van der Waals surface area contributed by atoms with Crippen LogP contribution < -0.4 is 5.32 Å². The Balaban J connectivity index is 2.79. The van der Waals surface area contributed by atoms with Crippen LogP contribution in [0.3, 0.4) is 0 Å². The van der Waals surface area contributed by atoms with Crippen molar-refractivity contribution in [3.8, 4) is 0 Å². The molecule has 0 spiro atoms. The van der Waals surface area contributed by atoms with Crippen molar-refractivity contribution in [2.24, 2.45) is 0 Å². The molecule has 0 aromatic heterocycles. The van der Waals surface area contributed by atoms with Crippen LogP contribution in [-0.2, 0) is 9.53 Å². The lowest BCUT2D eigenvalue weighted by atomic mass is 9.99. The second-order valence-corrected chi connectivity index (χ2v) is 4.23. The van der Waals surface area contributed by atoms with Crippen LogP contribution in [0.4, 0.5) is 4.79 Å². The molecule has 0 bridgehead atoms. The third-order valence-corrected chi connectivity index (χ3v) is 2.68. The third-order valence-electron chi connectivity index (χ3n) is 2.19. The van der Waals surface area contributed by atoms with Gasteiger partial charge in [-0.2, -0.15) is 0 Å². The Morgan fingerprint density at radius 2 is 2.24 bits per heavy atom. The molecule has 0 saturated heterocycles. The van der Waals surface area contributed by atoms with Gasteiger partial charge in [-0.15, -0.1) is 0 Å². The standard InChI is InChI=1S/C11H12BrNO4/c1-17-11(16)13-6-9(10(14)15)7-3-2-4-8(12)5-7/h2-5,9H,6H2,1H3,(H,13,16)(H,14,15)/t9-/m1/s1. The first kappa shape index (κ1) is 13.5. The molecule has 6 heteroatoms. The van der Waals surface area contributed by atoms with E-state index >= 15 is 0 Å². The zero-order valence-corrected chi connectivity index (χ0v) is 10.7. The third kappa shape index (κ3) is 4.07. The molecule has 0 saturated carbocycles. The summed E-state index contributed by atoms with van der Waals surface area (Å²) < 4.78 is 5.18. The molecule has 5 nitrogen and oxygen atoms in total. The summed E-state index contributed by atoms with van der Waals surface area (Å²) in [5.74, 6) is -1.80. The second kappa shape index (κ2) is 6.24. The van der Waals surface area contributed by atoms with Crippen molar-refractivity contribution in [2.75, 3.05) is 13.7 Å². The van der Waals surface area contributed by atoms with E-state index in [1.54, 1.807) is 24.3 Å². The van der Waals surface area contributed by atoms with Gasteiger partial charge in [-0.25, -0.2) is 4.79 Å². The van der Waals surface area contributed by atoms with Crippen LogP contribution in [0.25, 0.3) is 0 Å². The minimum atomic E-state index is -1.00. The number of nitrogens with one attached hydrogen (secondary N) is 1. The molecule has 0 aliphatic rings. The van der Waals surface area contributed by atoms with Gasteiger partial charge in [0.25, 0.3) is 0 Å². The number of carboxylic acid groups (broad SMARTS) is 1. The lowest BCUT2D eigenvalue weighted by Gasteiger charge is -2.13. The molecule has 0 fully saturated rings. The van der Waals surface area contributed by atoms with Gasteiger partial charge in [0.15, 0.2) is 0 Å². The smallest absolute Gasteiger partial charge is 0.406 e. The highest BCUT2D eigenvalue weighted by Crippen LogP contribution is 2.19. The highest BCUT2D eigenvalue weighted by atomic mass is 79.9. The Hall–Kier alpha value is -1.56. The van der Waals surface area contributed by atoms with Crippen molar-refractivity contribution in [1.29, 1.82) is 0 Å². The number of carboxylic acids is 1. The Morgan fingerprint density at radius 3 is 2.76 bits per heavy atom. The van der Waals surface area contributed by atoms with Crippen molar-refractivity contribution in [3.63, 3.8) is 0 Å². The molecule has 2 N–H and O–H groups in total. The van der Waals surface area contributed by atoms with Crippen molar-refractivity contribution in [3.05, 3.63) is 34.3 Å². The predicted molar refractivity (Wildman–Crippen MR) is 64.9 cm³/mol. The maximum Gasteiger partial charge on any atom is 0.406 e. The van der Waals surface area contributed by atoms with E-state index in [1.165, 1.54) is 7.11 Å². The van der Waals surface area contributed by atoms with Gasteiger partial charge in [0.1, 0.15) is 0 Å². The van der Waals surface area contributed by atoms with Gasteiger partial charge in [0.2, 0.25) is 0 Å². The molecule has 92 valence electrons. The number of benzene rings is 1. The maximum absolute atomic E-state index is 11.1. The van der Waals surface area contributed by atoms with Crippen molar-refractivity contribution >= 4 is 28.0 Å². The van der Waals surface area contributed by atoms with Crippen LogP contribution in [0, 0.1) is 0 Å². The Kier molecular flexibility index (Phi) is 4.96. The number of rotatable bonds is 4. The SMILES string of the molecule is COC(=O)NC[C@@H](C(=O)O)c1cccc(Br)c1.